The van der Waals surface area contributed by atoms with Gasteiger partial charge in [-0.15, -0.1) is 0 Å². The molecule has 4 heterocycles. The summed E-state index contributed by atoms with van der Waals surface area (Å²) in [6.45, 7) is 3.95. The molecule has 0 radical (unpaired) electrons. The number of imidazole rings is 1. The lowest BCUT2D eigenvalue weighted by molar-refractivity contribution is -0.147. The number of rotatable bonds is 6. The molecule has 1 saturated heterocycles. The van der Waals surface area contributed by atoms with Crippen LogP contribution in [0.1, 0.15) is 31.4 Å². The number of methoxy groups -OCH3 is 1. The monoisotopic (exact) mass is 532 g/mol. The molecule has 2 aromatic carbocycles. The smallest absolute Gasteiger partial charge is 0.308 e. The van der Waals surface area contributed by atoms with E-state index < -0.39 is 0 Å². The Hall–Kier alpha value is -4.56. The lowest BCUT2D eigenvalue weighted by Crippen LogP contribution is -2.38. The number of fused-ring (bicyclic) bond motifs is 1. The molecule has 0 saturated carbocycles. The van der Waals surface area contributed by atoms with E-state index in [2.05, 4.69) is 57.8 Å². The van der Waals surface area contributed by atoms with E-state index in [1.165, 1.54) is 12.7 Å². The maximum atomic E-state index is 11.9. The third-order valence-corrected chi connectivity index (χ3v) is 7.90. The van der Waals surface area contributed by atoms with Crippen molar-refractivity contribution in [3.8, 4) is 28.3 Å². The second-order valence-corrected chi connectivity index (χ2v) is 10.2. The minimum Gasteiger partial charge on any atom is -0.469 e. The molecule has 5 aromatic rings. The SMILES string of the molecule is COC(=O)C1CCN(C(C)c2ccc(-n3c(-c4cccnc4N)nc4ccc(-c5ccccc5)nc43)cc2)CC1. The number of anilines is 1. The van der Waals surface area contributed by atoms with Crippen molar-refractivity contribution in [2.75, 3.05) is 25.9 Å². The molecule has 1 aliphatic heterocycles. The summed E-state index contributed by atoms with van der Waals surface area (Å²) in [4.78, 5) is 28.7. The Labute approximate surface area is 233 Å². The second-order valence-electron chi connectivity index (χ2n) is 10.2. The molecule has 0 spiro atoms. The first-order chi connectivity index (χ1) is 19.5. The van der Waals surface area contributed by atoms with E-state index in [9.17, 15) is 4.79 Å². The predicted octanol–water partition coefficient (Wildman–Crippen LogP) is 5.68. The number of esters is 1. The van der Waals surface area contributed by atoms with Gasteiger partial charge < -0.3 is 10.5 Å². The number of nitrogen functional groups attached to an aromatic ring is 1. The van der Waals surface area contributed by atoms with Crippen LogP contribution in [-0.4, -0.2) is 50.6 Å². The van der Waals surface area contributed by atoms with Crippen LogP contribution in [0.2, 0.25) is 0 Å². The number of aromatic nitrogens is 4. The normalized spacial score (nSPS) is 15.2. The van der Waals surface area contributed by atoms with Crippen molar-refractivity contribution in [2.24, 2.45) is 5.92 Å². The van der Waals surface area contributed by atoms with E-state index in [1.54, 1.807) is 6.20 Å². The van der Waals surface area contributed by atoms with Gasteiger partial charge in [-0.05, 0) is 74.8 Å². The Kier molecular flexibility index (Phi) is 7.00. The fraction of sp³-hybridized carbons (Fsp3) is 0.250. The van der Waals surface area contributed by atoms with Gasteiger partial charge in [0.15, 0.2) is 11.5 Å². The van der Waals surface area contributed by atoms with Crippen LogP contribution in [-0.2, 0) is 9.53 Å². The molecule has 2 N–H and O–H groups in total. The molecule has 1 unspecified atom stereocenters. The van der Waals surface area contributed by atoms with Gasteiger partial charge in [0.2, 0.25) is 0 Å². The number of likely N-dealkylation sites (tertiary alicyclic amines) is 1. The van der Waals surface area contributed by atoms with Crippen LogP contribution in [0.25, 0.3) is 39.5 Å². The van der Waals surface area contributed by atoms with Crippen LogP contribution in [0.3, 0.4) is 0 Å². The quantitative estimate of drug-likeness (QED) is 0.281. The molecule has 1 aliphatic rings. The highest BCUT2D eigenvalue weighted by molar-refractivity contribution is 5.84. The molecule has 6 rings (SSSR count). The van der Waals surface area contributed by atoms with E-state index in [1.807, 2.05) is 42.5 Å². The predicted molar refractivity (Wildman–Crippen MR) is 157 cm³/mol. The number of carbonyl (C=O) groups excluding carboxylic acids is 1. The summed E-state index contributed by atoms with van der Waals surface area (Å²) in [5.74, 6) is 1.02. The first-order valence-electron chi connectivity index (χ1n) is 13.6. The van der Waals surface area contributed by atoms with Gasteiger partial charge in [0.1, 0.15) is 11.3 Å². The Bertz CT molecular complexity index is 1640. The lowest BCUT2D eigenvalue weighted by atomic mass is 9.94. The van der Waals surface area contributed by atoms with Crippen molar-refractivity contribution in [3.05, 3.63) is 90.6 Å². The third-order valence-electron chi connectivity index (χ3n) is 7.90. The Morgan fingerprint density at radius 2 is 1.70 bits per heavy atom. The first kappa shape index (κ1) is 25.7. The summed E-state index contributed by atoms with van der Waals surface area (Å²) < 4.78 is 7.01. The number of piperidine rings is 1. The molecule has 0 aliphatic carbocycles. The van der Waals surface area contributed by atoms with Crippen LogP contribution in [0.15, 0.2) is 85.1 Å². The lowest BCUT2D eigenvalue weighted by Gasteiger charge is -2.35. The molecule has 8 heteroatoms. The number of pyridine rings is 2. The van der Waals surface area contributed by atoms with Crippen LogP contribution < -0.4 is 5.73 Å². The number of hydrogen-bond donors (Lipinski definition) is 1. The van der Waals surface area contributed by atoms with Gasteiger partial charge in [-0.25, -0.2) is 15.0 Å². The highest BCUT2D eigenvalue weighted by atomic mass is 16.5. The maximum absolute atomic E-state index is 11.9. The van der Waals surface area contributed by atoms with E-state index in [-0.39, 0.29) is 17.9 Å². The number of nitrogens with two attached hydrogens (primary N) is 1. The average Bonchev–Trinajstić information content (AvgIpc) is 3.39. The molecule has 0 amide bonds. The minimum atomic E-state index is -0.0988. The standard InChI is InChI=1S/C32H32N6O2/c1-21(37-19-16-24(17-20-37)32(39)40-2)22-10-12-25(13-11-22)38-30(26-9-6-18-34-29(26)33)36-28-15-14-27(35-31(28)38)23-7-4-3-5-8-23/h3-15,18,21,24H,16-17,19-20H2,1-2H3,(H2,33,34). The van der Waals surface area contributed by atoms with Gasteiger partial charge in [0.05, 0.1) is 24.3 Å². The molecular weight excluding hydrogens is 500 g/mol. The summed E-state index contributed by atoms with van der Waals surface area (Å²) >= 11 is 0. The molecule has 1 fully saturated rings. The summed E-state index contributed by atoms with van der Waals surface area (Å²) in [6.07, 6.45) is 3.32. The van der Waals surface area contributed by atoms with Crippen molar-refractivity contribution in [2.45, 2.75) is 25.8 Å². The van der Waals surface area contributed by atoms with Gasteiger partial charge in [-0.1, -0.05) is 42.5 Å². The number of ether oxygens (including phenoxy) is 1. The van der Waals surface area contributed by atoms with Crippen LogP contribution >= 0.6 is 0 Å². The maximum Gasteiger partial charge on any atom is 0.308 e. The Morgan fingerprint density at radius 3 is 2.40 bits per heavy atom. The highest BCUT2D eigenvalue weighted by Crippen LogP contribution is 2.33. The van der Waals surface area contributed by atoms with Crippen LogP contribution in [0.4, 0.5) is 5.82 Å². The highest BCUT2D eigenvalue weighted by Gasteiger charge is 2.28. The Morgan fingerprint density at radius 1 is 0.950 bits per heavy atom. The largest absolute Gasteiger partial charge is 0.469 e. The average molecular weight is 533 g/mol. The zero-order chi connectivity index (χ0) is 27.6. The van der Waals surface area contributed by atoms with Crippen molar-refractivity contribution in [1.29, 1.82) is 0 Å². The number of benzene rings is 2. The van der Waals surface area contributed by atoms with Crippen LogP contribution in [0.5, 0.6) is 0 Å². The van der Waals surface area contributed by atoms with Crippen molar-refractivity contribution >= 4 is 23.0 Å². The van der Waals surface area contributed by atoms with Crippen molar-refractivity contribution < 1.29 is 9.53 Å². The summed E-state index contributed by atoms with van der Waals surface area (Å²) in [5.41, 5.74) is 12.7. The van der Waals surface area contributed by atoms with Crippen LogP contribution in [0, 0.1) is 5.92 Å². The molecule has 0 bridgehead atoms. The van der Waals surface area contributed by atoms with Gasteiger partial charge >= 0.3 is 5.97 Å². The second kappa shape index (κ2) is 10.9. The van der Waals surface area contributed by atoms with Gasteiger partial charge in [-0.3, -0.25) is 14.3 Å². The zero-order valence-electron chi connectivity index (χ0n) is 22.7. The topological polar surface area (TPSA) is 99.2 Å². The van der Waals surface area contributed by atoms with E-state index in [4.69, 9.17) is 20.4 Å². The molecular formula is C32H32N6O2. The van der Waals surface area contributed by atoms with Gasteiger partial charge in [-0.2, -0.15) is 0 Å². The number of nitrogens with zero attached hydrogens (tertiary/aromatic N) is 5. The summed E-state index contributed by atoms with van der Waals surface area (Å²) in [5, 5.41) is 0. The Balaban J connectivity index is 1.37. The fourth-order valence-corrected chi connectivity index (χ4v) is 5.56. The summed E-state index contributed by atoms with van der Waals surface area (Å²) in [7, 11) is 1.47. The van der Waals surface area contributed by atoms with Gasteiger partial charge in [0, 0.05) is 23.5 Å². The van der Waals surface area contributed by atoms with Crippen molar-refractivity contribution in [1.82, 2.24) is 24.4 Å². The minimum absolute atomic E-state index is 0.00282. The first-order valence-corrected chi connectivity index (χ1v) is 13.6. The van der Waals surface area contributed by atoms with E-state index in [0.717, 1.165) is 59.6 Å². The molecule has 1 atom stereocenters. The third kappa shape index (κ3) is 4.82. The molecule has 8 nitrogen and oxygen atoms in total. The fourth-order valence-electron chi connectivity index (χ4n) is 5.56. The molecule has 3 aromatic heterocycles. The van der Waals surface area contributed by atoms with Gasteiger partial charge in [0.25, 0.3) is 0 Å². The van der Waals surface area contributed by atoms with E-state index >= 15 is 0 Å². The molecule has 40 heavy (non-hydrogen) atoms. The zero-order valence-corrected chi connectivity index (χ0v) is 22.7. The molecule has 202 valence electrons. The number of carbonyl (C=O) groups is 1. The number of hydrogen-bond acceptors (Lipinski definition) is 7. The summed E-state index contributed by atoms with van der Waals surface area (Å²) in [6, 6.07) is 26.7. The van der Waals surface area contributed by atoms with E-state index in [0.29, 0.717) is 11.6 Å². The van der Waals surface area contributed by atoms with Crippen molar-refractivity contribution in [3.63, 3.8) is 0 Å².